The van der Waals surface area contributed by atoms with Crippen LogP contribution < -0.4 is 10.6 Å². The Balaban J connectivity index is 1.89. The number of carbonyl (C=O) groups is 2. The van der Waals surface area contributed by atoms with Crippen LogP contribution in [0.1, 0.15) is 32.1 Å². The van der Waals surface area contributed by atoms with Gasteiger partial charge in [-0.3, -0.25) is 9.59 Å². The second-order valence-electron chi connectivity index (χ2n) is 4.44. The van der Waals surface area contributed by atoms with Crippen LogP contribution in [0, 0.1) is 0 Å². The van der Waals surface area contributed by atoms with Crippen molar-refractivity contribution in [2.45, 2.75) is 43.7 Å². The summed E-state index contributed by atoms with van der Waals surface area (Å²) >= 11 is 0. The summed E-state index contributed by atoms with van der Waals surface area (Å²) < 4.78 is 0. The summed E-state index contributed by atoms with van der Waals surface area (Å²) in [7, 11) is 0. The van der Waals surface area contributed by atoms with Gasteiger partial charge in [-0.1, -0.05) is 0 Å². The van der Waals surface area contributed by atoms with E-state index in [0.717, 1.165) is 19.3 Å². The van der Waals surface area contributed by atoms with Crippen molar-refractivity contribution in [3.63, 3.8) is 0 Å². The molecule has 1 aliphatic heterocycles. The normalized spacial score (nSPS) is 28.1. The third-order valence-corrected chi connectivity index (χ3v) is 3.31. The topological polar surface area (TPSA) is 78.4 Å². The molecule has 0 aromatic rings. The number of nitrogens with one attached hydrogen (secondary N) is 2. The highest BCUT2D eigenvalue weighted by atomic mass is 16.3. The summed E-state index contributed by atoms with van der Waals surface area (Å²) in [6.07, 6.45) is 3.68. The quantitative estimate of drug-likeness (QED) is 0.578. The van der Waals surface area contributed by atoms with Crippen LogP contribution in [0.15, 0.2) is 0 Å². The van der Waals surface area contributed by atoms with E-state index < -0.39 is 11.6 Å². The minimum absolute atomic E-state index is 0.0145. The fourth-order valence-corrected chi connectivity index (χ4v) is 2.09. The Morgan fingerprint density at radius 1 is 1.60 bits per heavy atom. The first-order valence-corrected chi connectivity index (χ1v) is 5.37. The maximum absolute atomic E-state index is 11.7. The Labute approximate surface area is 88.2 Å². The molecule has 1 aliphatic carbocycles. The Bertz CT molecular complexity index is 281. The van der Waals surface area contributed by atoms with Crippen molar-refractivity contribution < 1.29 is 14.7 Å². The van der Waals surface area contributed by atoms with E-state index in [1.807, 2.05) is 0 Å². The maximum atomic E-state index is 11.7. The fraction of sp³-hybridized carbons (Fsp3) is 0.800. The molecule has 5 heteroatoms. The third kappa shape index (κ3) is 1.97. The van der Waals surface area contributed by atoms with Gasteiger partial charge in [0.1, 0.15) is 6.04 Å². The minimum Gasteiger partial charge on any atom is -0.394 e. The second kappa shape index (κ2) is 3.81. The summed E-state index contributed by atoms with van der Waals surface area (Å²) in [5, 5.41) is 14.6. The Morgan fingerprint density at radius 3 is 2.73 bits per heavy atom. The van der Waals surface area contributed by atoms with Crippen LogP contribution in [0.25, 0.3) is 0 Å². The molecule has 0 unspecified atom stereocenters. The lowest BCUT2D eigenvalue weighted by molar-refractivity contribution is -0.128. The third-order valence-electron chi connectivity index (χ3n) is 3.31. The SMILES string of the molecule is O=C1CC[C@@H](C(=O)NC2(CO)CCC2)N1. The van der Waals surface area contributed by atoms with E-state index in [9.17, 15) is 14.7 Å². The minimum atomic E-state index is -0.412. The number of amides is 2. The van der Waals surface area contributed by atoms with Gasteiger partial charge in [0.2, 0.25) is 11.8 Å². The first-order valence-electron chi connectivity index (χ1n) is 5.37. The van der Waals surface area contributed by atoms with Crippen molar-refractivity contribution in [1.82, 2.24) is 10.6 Å². The van der Waals surface area contributed by atoms with Crippen LogP contribution in [-0.4, -0.2) is 35.1 Å². The van der Waals surface area contributed by atoms with E-state index in [1.165, 1.54) is 0 Å². The number of carbonyl (C=O) groups excluding carboxylic acids is 2. The summed E-state index contributed by atoms with van der Waals surface area (Å²) in [4.78, 5) is 22.7. The van der Waals surface area contributed by atoms with E-state index in [-0.39, 0.29) is 18.4 Å². The van der Waals surface area contributed by atoms with E-state index >= 15 is 0 Å². The summed E-state index contributed by atoms with van der Waals surface area (Å²) in [5.41, 5.74) is -0.412. The Hall–Kier alpha value is -1.10. The van der Waals surface area contributed by atoms with Crippen LogP contribution in [-0.2, 0) is 9.59 Å². The van der Waals surface area contributed by atoms with E-state index in [2.05, 4.69) is 10.6 Å². The van der Waals surface area contributed by atoms with Crippen LogP contribution in [0.5, 0.6) is 0 Å². The number of hydrogen-bond donors (Lipinski definition) is 3. The molecule has 1 saturated carbocycles. The smallest absolute Gasteiger partial charge is 0.243 e. The lowest BCUT2D eigenvalue weighted by Gasteiger charge is -2.41. The molecular weight excluding hydrogens is 196 g/mol. The van der Waals surface area contributed by atoms with Gasteiger partial charge in [0.25, 0.3) is 0 Å². The average Bonchev–Trinajstić information content (AvgIpc) is 2.58. The monoisotopic (exact) mass is 212 g/mol. The van der Waals surface area contributed by atoms with Gasteiger partial charge in [-0.25, -0.2) is 0 Å². The molecule has 3 N–H and O–H groups in total. The largest absolute Gasteiger partial charge is 0.394 e. The number of aliphatic hydroxyl groups is 1. The molecule has 0 radical (unpaired) electrons. The lowest BCUT2D eigenvalue weighted by atomic mass is 9.77. The van der Waals surface area contributed by atoms with Crippen molar-refractivity contribution >= 4 is 11.8 Å². The molecule has 0 bridgehead atoms. The zero-order valence-electron chi connectivity index (χ0n) is 8.58. The molecule has 2 rings (SSSR count). The zero-order valence-corrected chi connectivity index (χ0v) is 8.58. The highest BCUT2D eigenvalue weighted by molar-refractivity contribution is 5.91. The Kier molecular flexibility index (Phi) is 2.65. The lowest BCUT2D eigenvalue weighted by Crippen LogP contribution is -2.59. The molecule has 1 saturated heterocycles. The fourth-order valence-electron chi connectivity index (χ4n) is 2.09. The molecule has 0 aromatic heterocycles. The van der Waals surface area contributed by atoms with Gasteiger partial charge in [-0.2, -0.15) is 0 Å². The number of aliphatic hydroxyl groups excluding tert-OH is 1. The molecule has 84 valence electrons. The maximum Gasteiger partial charge on any atom is 0.243 e. The van der Waals surface area contributed by atoms with Crippen molar-refractivity contribution in [3.8, 4) is 0 Å². The van der Waals surface area contributed by atoms with Crippen LogP contribution >= 0.6 is 0 Å². The molecule has 2 amide bonds. The molecule has 0 spiro atoms. The van der Waals surface area contributed by atoms with E-state index in [4.69, 9.17) is 0 Å². The van der Waals surface area contributed by atoms with Crippen LogP contribution in [0.3, 0.4) is 0 Å². The molecule has 2 aliphatic rings. The molecule has 1 heterocycles. The van der Waals surface area contributed by atoms with Crippen molar-refractivity contribution in [3.05, 3.63) is 0 Å². The van der Waals surface area contributed by atoms with Gasteiger partial charge in [-0.05, 0) is 25.7 Å². The first-order chi connectivity index (χ1) is 7.15. The Morgan fingerprint density at radius 2 is 2.33 bits per heavy atom. The van der Waals surface area contributed by atoms with Gasteiger partial charge >= 0.3 is 0 Å². The molecule has 0 aromatic carbocycles. The van der Waals surface area contributed by atoms with Gasteiger partial charge in [-0.15, -0.1) is 0 Å². The zero-order chi connectivity index (χ0) is 10.9. The average molecular weight is 212 g/mol. The molecular formula is C10H16N2O3. The molecule has 15 heavy (non-hydrogen) atoms. The van der Waals surface area contributed by atoms with Crippen LogP contribution in [0.2, 0.25) is 0 Å². The van der Waals surface area contributed by atoms with E-state index in [0.29, 0.717) is 12.8 Å². The molecule has 1 atom stereocenters. The highest BCUT2D eigenvalue weighted by Gasteiger charge is 2.40. The van der Waals surface area contributed by atoms with Crippen molar-refractivity contribution in [2.75, 3.05) is 6.61 Å². The number of rotatable bonds is 3. The number of hydrogen-bond acceptors (Lipinski definition) is 3. The van der Waals surface area contributed by atoms with Crippen molar-refractivity contribution in [2.24, 2.45) is 0 Å². The predicted molar refractivity (Wildman–Crippen MR) is 53.0 cm³/mol. The molecule has 5 nitrogen and oxygen atoms in total. The van der Waals surface area contributed by atoms with Gasteiger partial charge in [0.05, 0.1) is 12.1 Å². The standard InChI is InChI=1S/C10H16N2O3/c13-6-10(4-1-5-10)12-9(15)7-2-3-8(14)11-7/h7,13H,1-6H2,(H,11,14)(H,12,15)/t7-/m0/s1. The molecule has 2 fully saturated rings. The predicted octanol–water partition coefficient (Wildman–Crippen LogP) is -0.704. The summed E-state index contributed by atoms with van der Waals surface area (Å²) in [6.45, 7) is -0.0145. The van der Waals surface area contributed by atoms with Crippen LogP contribution in [0.4, 0.5) is 0 Å². The highest BCUT2D eigenvalue weighted by Crippen LogP contribution is 2.31. The van der Waals surface area contributed by atoms with Crippen molar-refractivity contribution in [1.29, 1.82) is 0 Å². The summed E-state index contributed by atoms with van der Waals surface area (Å²) in [5.74, 6) is -0.226. The van der Waals surface area contributed by atoms with Gasteiger partial charge in [0.15, 0.2) is 0 Å². The van der Waals surface area contributed by atoms with E-state index in [1.54, 1.807) is 0 Å². The first kappa shape index (κ1) is 10.4. The summed E-state index contributed by atoms with van der Waals surface area (Å²) in [6, 6.07) is -0.401. The second-order valence-corrected chi connectivity index (χ2v) is 4.44. The van der Waals surface area contributed by atoms with Gasteiger partial charge < -0.3 is 15.7 Å². The van der Waals surface area contributed by atoms with Gasteiger partial charge in [0, 0.05) is 6.42 Å².